The molecule has 0 aromatic heterocycles. The summed E-state index contributed by atoms with van der Waals surface area (Å²) < 4.78 is 7.00. The first-order valence-corrected chi connectivity index (χ1v) is 14.8. The molecule has 1 unspecified atom stereocenters. The third-order valence-corrected chi connectivity index (χ3v) is 14.1. The van der Waals surface area contributed by atoms with E-state index < -0.39 is 8.32 Å². The van der Waals surface area contributed by atoms with Crippen LogP contribution in [0.15, 0.2) is 18.2 Å². The molecule has 2 aliphatic heterocycles. The van der Waals surface area contributed by atoms with Gasteiger partial charge in [-0.15, -0.1) is 0 Å². The smallest absolute Gasteiger partial charge is 0.240 e. The summed E-state index contributed by atoms with van der Waals surface area (Å²) in [5, 5.41) is 14.3. The molecule has 2 fully saturated rings. The van der Waals surface area contributed by atoms with Gasteiger partial charge in [-0.25, -0.2) is 5.01 Å². The molecule has 2 saturated heterocycles. The minimum absolute atomic E-state index is 0.0473. The summed E-state index contributed by atoms with van der Waals surface area (Å²) in [6, 6.07) is 5.01. The molecule has 1 aromatic rings. The largest absolute Gasteiger partial charge is 0.508 e. The molecule has 1 aromatic carbocycles. The quantitative estimate of drug-likeness (QED) is 0.463. The molecule has 2 aliphatic rings. The highest BCUT2D eigenvalue weighted by molar-refractivity contribution is 6.77. The summed E-state index contributed by atoms with van der Waals surface area (Å²) in [5.74, 6) is 0.306. The Kier molecular flexibility index (Phi) is 8.34. The number of rotatable bonds is 8. The van der Waals surface area contributed by atoms with Crippen LogP contribution in [0.1, 0.15) is 66.4 Å². The fourth-order valence-electron chi connectivity index (χ4n) is 6.06. The third-order valence-electron chi connectivity index (χ3n) is 7.63. The van der Waals surface area contributed by atoms with Crippen molar-refractivity contribution < 1.29 is 14.3 Å². The van der Waals surface area contributed by atoms with E-state index in [1.165, 1.54) is 0 Å². The molecule has 0 radical (unpaired) electrons. The topological polar surface area (TPSA) is 53.0 Å². The average molecular weight is 481 g/mol. The van der Waals surface area contributed by atoms with Crippen LogP contribution < -0.4 is 0 Å². The van der Waals surface area contributed by atoms with Crippen molar-refractivity contribution in [2.45, 2.75) is 90.0 Å². The maximum atomic E-state index is 13.1. The number of amides is 1. The van der Waals surface area contributed by atoms with E-state index in [9.17, 15) is 9.90 Å². The Morgan fingerprint density at radius 2 is 1.62 bits per heavy atom. The van der Waals surface area contributed by atoms with Crippen LogP contribution >= 0.6 is 11.6 Å². The lowest BCUT2D eigenvalue weighted by Crippen LogP contribution is -2.54. The second-order valence-corrected chi connectivity index (χ2v) is 16.3. The molecule has 0 saturated carbocycles. The van der Waals surface area contributed by atoms with E-state index >= 15 is 0 Å². The molecular weight excluding hydrogens is 440 g/mol. The predicted octanol–water partition coefficient (Wildman–Crippen LogP) is 6.01. The van der Waals surface area contributed by atoms with Crippen molar-refractivity contribution in [1.82, 2.24) is 10.0 Å². The van der Waals surface area contributed by atoms with Gasteiger partial charge in [0.05, 0.1) is 0 Å². The summed E-state index contributed by atoms with van der Waals surface area (Å²) >= 11 is 6.27. The fraction of sp³-hybridized carbons (Fsp3) is 0.720. The standard InChI is InChI=1S/C25H41ClN2O3Si/c1-17(2)32(18(3)4,19(5)6)31-23-10-12-27(13-11-23)28-14-9-21(25(28)30)15-20-7-8-22(29)16-24(20)26/h7-8,16-19,21,23,29H,9-15H2,1-6H3. The lowest BCUT2D eigenvalue weighted by Gasteiger charge is -2.47. The van der Waals surface area contributed by atoms with Crippen molar-refractivity contribution in [1.29, 1.82) is 0 Å². The first-order chi connectivity index (χ1) is 15.1. The molecule has 1 N–H and O–H groups in total. The molecule has 3 rings (SSSR count). The summed E-state index contributed by atoms with van der Waals surface area (Å²) in [7, 11) is -1.88. The number of hydrogen-bond acceptors (Lipinski definition) is 4. The summed E-state index contributed by atoms with van der Waals surface area (Å²) in [5.41, 5.74) is 2.70. The molecule has 180 valence electrons. The van der Waals surface area contributed by atoms with Crippen molar-refractivity contribution in [3.63, 3.8) is 0 Å². The first kappa shape index (κ1) is 25.5. The van der Waals surface area contributed by atoms with Gasteiger partial charge in [0.15, 0.2) is 0 Å². The van der Waals surface area contributed by atoms with Crippen molar-refractivity contribution in [2.24, 2.45) is 5.92 Å². The van der Waals surface area contributed by atoms with Crippen LogP contribution in [0.4, 0.5) is 0 Å². The van der Waals surface area contributed by atoms with Crippen LogP contribution in [-0.2, 0) is 15.6 Å². The zero-order valence-corrected chi connectivity index (χ0v) is 22.4. The molecule has 0 aliphatic carbocycles. The molecule has 5 nitrogen and oxygen atoms in total. The molecule has 1 amide bonds. The Morgan fingerprint density at radius 3 is 2.16 bits per heavy atom. The molecule has 0 spiro atoms. The number of phenolic OH excluding ortho intramolecular Hbond substituents is 1. The Bertz CT molecular complexity index is 772. The average Bonchev–Trinajstić information content (AvgIpc) is 3.08. The zero-order chi connectivity index (χ0) is 23.6. The number of nitrogens with zero attached hydrogens (tertiary/aromatic N) is 2. The minimum Gasteiger partial charge on any atom is -0.508 e. The fourth-order valence-corrected chi connectivity index (χ4v) is 11.9. The van der Waals surface area contributed by atoms with E-state index in [1.807, 2.05) is 11.1 Å². The lowest BCUT2D eigenvalue weighted by molar-refractivity contribution is -0.149. The van der Waals surface area contributed by atoms with E-state index in [0.717, 1.165) is 44.5 Å². The monoisotopic (exact) mass is 480 g/mol. The van der Waals surface area contributed by atoms with E-state index in [1.54, 1.807) is 12.1 Å². The first-order valence-electron chi connectivity index (χ1n) is 12.3. The Hall–Kier alpha value is -1.08. The van der Waals surface area contributed by atoms with Gasteiger partial charge in [0.1, 0.15) is 5.75 Å². The number of aromatic hydroxyl groups is 1. The van der Waals surface area contributed by atoms with Gasteiger partial charge in [0.25, 0.3) is 0 Å². The van der Waals surface area contributed by atoms with E-state index in [-0.39, 0.29) is 17.6 Å². The highest BCUT2D eigenvalue weighted by atomic mass is 35.5. The highest BCUT2D eigenvalue weighted by Crippen LogP contribution is 2.44. The van der Waals surface area contributed by atoms with Crippen LogP contribution in [0.3, 0.4) is 0 Å². The molecule has 1 atom stereocenters. The number of piperidine rings is 1. The van der Waals surface area contributed by atoms with Crippen molar-refractivity contribution in [3.8, 4) is 5.75 Å². The van der Waals surface area contributed by atoms with Gasteiger partial charge in [-0.05, 0) is 60.0 Å². The molecular formula is C25H41ClN2O3Si. The Labute approximate surface area is 200 Å². The van der Waals surface area contributed by atoms with E-state index in [0.29, 0.717) is 34.2 Å². The number of halogens is 1. The molecule has 0 bridgehead atoms. The van der Waals surface area contributed by atoms with Crippen LogP contribution in [0.2, 0.25) is 21.6 Å². The normalized spacial score (nSPS) is 21.5. The summed E-state index contributed by atoms with van der Waals surface area (Å²) in [6.07, 6.45) is 3.74. The minimum atomic E-state index is -1.88. The van der Waals surface area contributed by atoms with Gasteiger partial charge in [-0.1, -0.05) is 59.2 Å². The summed E-state index contributed by atoms with van der Waals surface area (Å²) in [6.45, 7) is 16.6. The number of carbonyl (C=O) groups is 1. The van der Waals surface area contributed by atoms with Gasteiger partial charge in [-0.3, -0.25) is 9.80 Å². The SMILES string of the molecule is CC(C)[Si](OC1CCN(N2CCC(Cc3ccc(O)cc3Cl)C2=O)CC1)(C(C)C)C(C)C. The Morgan fingerprint density at radius 1 is 1.03 bits per heavy atom. The second kappa shape index (κ2) is 10.5. The van der Waals surface area contributed by atoms with Gasteiger partial charge in [-0.2, -0.15) is 0 Å². The van der Waals surface area contributed by atoms with E-state index in [4.69, 9.17) is 16.0 Å². The maximum Gasteiger partial charge on any atom is 0.240 e. The van der Waals surface area contributed by atoms with E-state index in [2.05, 4.69) is 46.6 Å². The number of benzene rings is 1. The third kappa shape index (κ3) is 5.19. The second-order valence-electron chi connectivity index (χ2n) is 10.5. The maximum absolute atomic E-state index is 13.1. The lowest BCUT2D eigenvalue weighted by atomic mass is 9.98. The highest BCUT2D eigenvalue weighted by Gasteiger charge is 2.47. The summed E-state index contributed by atoms with van der Waals surface area (Å²) in [4.78, 5) is 13.1. The molecule has 32 heavy (non-hydrogen) atoms. The zero-order valence-electron chi connectivity index (χ0n) is 20.6. The number of hydrogen-bond donors (Lipinski definition) is 1. The van der Waals surface area contributed by atoms with Crippen molar-refractivity contribution in [2.75, 3.05) is 19.6 Å². The number of hydrazine groups is 1. The van der Waals surface area contributed by atoms with Gasteiger partial charge >= 0.3 is 0 Å². The molecule has 7 heteroatoms. The van der Waals surface area contributed by atoms with Crippen LogP contribution in [0.25, 0.3) is 0 Å². The number of phenols is 1. The van der Waals surface area contributed by atoms with Crippen molar-refractivity contribution >= 4 is 25.8 Å². The van der Waals surface area contributed by atoms with Crippen LogP contribution in [-0.4, -0.2) is 55.1 Å². The van der Waals surface area contributed by atoms with Crippen LogP contribution in [0.5, 0.6) is 5.75 Å². The van der Waals surface area contributed by atoms with Crippen molar-refractivity contribution in [3.05, 3.63) is 28.8 Å². The predicted molar refractivity (Wildman–Crippen MR) is 133 cm³/mol. The number of carbonyl (C=O) groups excluding carboxylic acids is 1. The Balaban J connectivity index is 1.58. The molecule has 2 heterocycles. The van der Waals surface area contributed by atoms with Gasteiger partial charge in [0, 0.05) is 36.7 Å². The van der Waals surface area contributed by atoms with Crippen LogP contribution in [0, 0.1) is 5.92 Å². The van der Waals surface area contributed by atoms with Gasteiger partial charge < -0.3 is 9.53 Å². The van der Waals surface area contributed by atoms with Gasteiger partial charge in [0.2, 0.25) is 14.2 Å².